The number of ether oxygens (including phenoxy) is 1. The number of hydrogen-bond acceptors (Lipinski definition) is 3. The van der Waals surface area contributed by atoms with Gasteiger partial charge in [0.15, 0.2) is 0 Å². The van der Waals surface area contributed by atoms with Crippen LogP contribution >= 0.6 is 0 Å². The molecule has 0 spiro atoms. The molecule has 20 heavy (non-hydrogen) atoms. The van der Waals surface area contributed by atoms with Crippen LogP contribution in [0.15, 0.2) is 42.5 Å². The lowest BCUT2D eigenvalue weighted by molar-refractivity contribution is 0.340. The molecule has 3 nitrogen and oxygen atoms in total. The third-order valence-corrected chi connectivity index (χ3v) is 2.79. The first kappa shape index (κ1) is 13.9. The highest BCUT2D eigenvalue weighted by Crippen LogP contribution is 2.18. The van der Waals surface area contributed by atoms with Crippen LogP contribution in [0.5, 0.6) is 5.75 Å². The molecule has 0 radical (unpaired) electrons. The minimum absolute atomic E-state index is 0.297. The second-order valence-corrected chi connectivity index (χ2v) is 4.24. The molecule has 4 heteroatoms. The van der Waals surface area contributed by atoms with Crippen LogP contribution in [-0.2, 0) is 6.54 Å². The number of nitrogens with one attached hydrogen (secondary N) is 1. The average Bonchev–Trinajstić information content (AvgIpc) is 2.46. The zero-order chi connectivity index (χ0) is 14.4. The van der Waals surface area contributed by atoms with Crippen molar-refractivity contribution in [3.63, 3.8) is 0 Å². The Morgan fingerprint density at radius 2 is 2.10 bits per heavy atom. The largest absolute Gasteiger partial charge is 0.494 e. The van der Waals surface area contributed by atoms with Gasteiger partial charge in [-0.2, -0.15) is 5.26 Å². The Kier molecular flexibility index (Phi) is 4.56. The fourth-order valence-electron chi connectivity index (χ4n) is 1.87. The summed E-state index contributed by atoms with van der Waals surface area (Å²) in [6.45, 7) is 3.09. The Morgan fingerprint density at radius 3 is 2.85 bits per heavy atom. The van der Waals surface area contributed by atoms with Gasteiger partial charge in [-0.05, 0) is 42.8 Å². The Bertz CT molecular complexity index is 635. The van der Waals surface area contributed by atoms with Crippen LogP contribution in [0.1, 0.15) is 18.1 Å². The molecule has 0 bridgehead atoms. The standard InChI is InChI=1S/C16H15FN2O/c1-2-20-15-5-3-4-12(8-15)11-19-16-7-6-14(17)9-13(16)10-18/h3-9,19H,2,11H2,1H3. The molecule has 2 aromatic rings. The van der Waals surface area contributed by atoms with Crippen LogP contribution in [-0.4, -0.2) is 6.61 Å². The molecular formula is C16H15FN2O. The first-order valence-corrected chi connectivity index (χ1v) is 6.38. The summed E-state index contributed by atoms with van der Waals surface area (Å²) >= 11 is 0. The molecule has 0 heterocycles. The first-order valence-electron chi connectivity index (χ1n) is 6.38. The van der Waals surface area contributed by atoms with Gasteiger partial charge < -0.3 is 10.1 Å². The van der Waals surface area contributed by atoms with Gasteiger partial charge in [0.25, 0.3) is 0 Å². The summed E-state index contributed by atoms with van der Waals surface area (Å²) in [5, 5.41) is 12.1. The highest BCUT2D eigenvalue weighted by molar-refractivity contribution is 5.57. The van der Waals surface area contributed by atoms with E-state index in [1.807, 2.05) is 37.3 Å². The molecule has 0 atom stereocenters. The van der Waals surface area contributed by atoms with Crippen LogP contribution in [0, 0.1) is 17.1 Å². The van der Waals surface area contributed by atoms with Gasteiger partial charge >= 0.3 is 0 Å². The second-order valence-electron chi connectivity index (χ2n) is 4.24. The quantitative estimate of drug-likeness (QED) is 0.900. The predicted octanol–water partition coefficient (Wildman–Crippen LogP) is 3.71. The molecule has 0 saturated heterocycles. The van der Waals surface area contributed by atoms with Crippen LogP contribution < -0.4 is 10.1 Å². The summed E-state index contributed by atoms with van der Waals surface area (Å²) in [6.07, 6.45) is 0. The predicted molar refractivity (Wildman–Crippen MR) is 76.1 cm³/mol. The lowest BCUT2D eigenvalue weighted by Gasteiger charge is -2.10. The fourth-order valence-corrected chi connectivity index (χ4v) is 1.87. The number of rotatable bonds is 5. The van der Waals surface area contributed by atoms with E-state index in [2.05, 4.69) is 5.32 Å². The first-order chi connectivity index (χ1) is 9.72. The Morgan fingerprint density at radius 1 is 1.25 bits per heavy atom. The minimum atomic E-state index is -0.412. The molecule has 0 aromatic heterocycles. The third-order valence-electron chi connectivity index (χ3n) is 2.79. The second kappa shape index (κ2) is 6.58. The van der Waals surface area contributed by atoms with Crippen molar-refractivity contribution in [3.05, 3.63) is 59.4 Å². The van der Waals surface area contributed by atoms with E-state index in [9.17, 15) is 4.39 Å². The van der Waals surface area contributed by atoms with Crippen molar-refractivity contribution < 1.29 is 9.13 Å². The normalized spacial score (nSPS) is 9.85. The molecule has 0 amide bonds. The van der Waals surface area contributed by atoms with Gasteiger partial charge in [-0.3, -0.25) is 0 Å². The van der Waals surface area contributed by atoms with Crippen molar-refractivity contribution >= 4 is 5.69 Å². The molecule has 2 aromatic carbocycles. The maximum absolute atomic E-state index is 13.0. The van der Waals surface area contributed by atoms with Crippen molar-refractivity contribution in [2.45, 2.75) is 13.5 Å². The maximum atomic E-state index is 13.0. The monoisotopic (exact) mass is 270 g/mol. The number of anilines is 1. The van der Waals surface area contributed by atoms with E-state index in [-0.39, 0.29) is 0 Å². The van der Waals surface area contributed by atoms with Gasteiger partial charge in [0.05, 0.1) is 17.9 Å². The fraction of sp³-hybridized carbons (Fsp3) is 0.188. The molecule has 0 aliphatic rings. The number of benzene rings is 2. The molecule has 0 fully saturated rings. The van der Waals surface area contributed by atoms with Crippen LogP contribution in [0.3, 0.4) is 0 Å². The van der Waals surface area contributed by atoms with Gasteiger partial charge in [0.2, 0.25) is 0 Å². The smallest absolute Gasteiger partial charge is 0.124 e. The third kappa shape index (κ3) is 3.48. The van der Waals surface area contributed by atoms with E-state index in [4.69, 9.17) is 10.00 Å². The van der Waals surface area contributed by atoms with E-state index >= 15 is 0 Å². The summed E-state index contributed by atoms with van der Waals surface area (Å²) in [6, 6.07) is 13.8. The van der Waals surface area contributed by atoms with E-state index < -0.39 is 5.82 Å². The lowest BCUT2D eigenvalue weighted by atomic mass is 10.1. The molecular weight excluding hydrogens is 255 g/mol. The Balaban J connectivity index is 2.09. The Hall–Kier alpha value is -2.54. The van der Waals surface area contributed by atoms with E-state index in [1.165, 1.54) is 12.1 Å². The van der Waals surface area contributed by atoms with Crippen molar-refractivity contribution in [3.8, 4) is 11.8 Å². The maximum Gasteiger partial charge on any atom is 0.124 e. The van der Waals surface area contributed by atoms with Crippen molar-refractivity contribution in [1.82, 2.24) is 0 Å². The Labute approximate surface area is 117 Å². The van der Waals surface area contributed by atoms with Gasteiger partial charge in [-0.15, -0.1) is 0 Å². The SMILES string of the molecule is CCOc1cccc(CNc2ccc(F)cc2C#N)c1. The van der Waals surface area contributed by atoms with Crippen molar-refractivity contribution in [2.24, 2.45) is 0 Å². The van der Waals surface area contributed by atoms with E-state index in [0.717, 1.165) is 11.3 Å². The molecule has 0 unspecified atom stereocenters. The van der Waals surface area contributed by atoms with Crippen LogP contribution in [0.2, 0.25) is 0 Å². The molecule has 0 aliphatic heterocycles. The molecule has 0 saturated carbocycles. The van der Waals surface area contributed by atoms with Crippen LogP contribution in [0.4, 0.5) is 10.1 Å². The summed E-state index contributed by atoms with van der Waals surface area (Å²) in [7, 11) is 0. The minimum Gasteiger partial charge on any atom is -0.494 e. The highest BCUT2D eigenvalue weighted by Gasteiger charge is 2.04. The molecule has 1 N–H and O–H groups in total. The van der Waals surface area contributed by atoms with Gasteiger partial charge in [-0.25, -0.2) is 4.39 Å². The molecule has 102 valence electrons. The number of nitrogens with zero attached hydrogens (tertiary/aromatic N) is 1. The van der Waals surface area contributed by atoms with Gasteiger partial charge in [-0.1, -0.05) is 12.1 Å². The van der Waals surface area contributed by atoms with E-state index in [0.29, 0.717) is 24.4 Å². The highest BCUT2D eigenvalue weighted by atomic mass is 19.1. The van der Waals surface area contributed by atoms with Crippen LogP contribution in [0.25, 0.3) is 0 Å². The zero-order valence-electron chi connectivity index (χ0n) is 11.2. The zero-order valence-corrected chi connectivity index (χ0v) is 11.2. The molecule has 2 rings (SSSR count). The average molecular weight is 270 g/mol. The molecule has 0 aliphatic carbocycles. The summed E-state index contributed by atoms with van der Waals surface area (Å²) in [5.41, 5.74) is 1.95. The number of nitriles is 1. The summed E-state index contributed by atoms with van der Waals surface area (Å²) in [5.74, 6) is 0.400. The van der Waals surface area contributed by atoms with E-state index in [1.54, 1.807) is 6.07 Å². The summed E-state index contributed by atoms with van der Waals surface area (Å²) < 4.78 is 18.5. The summed E-state index contributed by atoms with van der Waals surface area (Å²) in [4.78, 5) is 0. The number of hydrogen-bond donors (Lipinski definition) is 1. The van der Waals surface area contributed by atoms with Gasteiger partial charge in [0, 0.05) is 6.54 Å². The number of halogens is 1. The topological polar surface area (TPSA) is 45.0 Å². The van der Waals surface area contributed by atoms with Crippen molar-refractivity contribution in [2.75, 3.05) is 11.9 Å². The van der Waals surface area contributed by atoms with Crippen molar-refractivity contribution in [1.29, 1.82) is 5.26 Å². The van der Waals surface area contributed by atoms with Gasteiger partial charge in [0.1, 0.15) is 17.6 Å². The lowest BCUT2D eigenvalue weighted by Crippen LogP contribution is -2.02.